The van der Waals surface area contributed by atoms with E-state index in [1.165, 1.54) is 13.1 Å². The first-order valence-corrected chi connectivity index (χ1v) is 11.3. The number of nitrogens with one attached hydrogen (secondary N) is 1. The fraction of sp³-hybridized carbons (Fsp3) is 0.130. The van der Waals surface area contributed by atoms with Crippen molar-refractivity contribution in [2.45, 2.75) is 11.3 Å². The number of carbonyl (C=O) groups is 1. The van der Waals surface area contributed by atoms with Crippen LogP contribution in [0.2, 0.25) is 0 Å². The SMILES string of the molecule is CNS(=O)(=O)c1ccc2c(c1)CCN2C(=O)c1ccc2noc(-c3ccccc3)c2c1. The zero-order valence-corrected chi connectivity index (χ0v) is 17.5. The molecule has 3 aromatic carbocycles. The molecule has 1 amide bonds. The van der Waals surface area contributed by atoms with Crippen LogP contribution in [0.15, 0.2) is 76.1 Å². The molecule has 0 fully saturated rings. The van der Waals surface area contributed by atoms with Crippen LogP contribution in [-0.2, 0) is 16.4 Å². The summed E-state index contributed by atoms with van der Waals surface area (Å²) in [5.41, 5.74) is 3.65. The molecule has 0 saturated carbocycles. The van der Waals surface area contributed by atoms with Crippen LogP contribution in [0.3, 0.4) is 0 Å². The lowest BCUT2D eigenvalue weighted by atomic mass is 10.1. The smallest absolute Gasteiger partial charge is 0.258 e. The summed E-state index contributed by atoms with van der Waals surface area (Å²) in [5.74, 6) is 0.471. The number of carbonyl (C=O) groups excluding carboxylic acids is 1. The number of sulfonamides is 1. The number of fused-ring (bicyclic) bond motifs is 2. The van der Waals surface area contributed by atoms with Gasteiger partial charge in [0, 0.05) is 23.4 Å². The van der Waals surface area contributed by atoms with Gasteiger partial charge in [-0.1, -0.05) is 35.5 Å². The van der Waals surface area contributed by atoms with Crippen molar-refractivity contribution >= 4 is 32.5 Å². The Hall–Kier alpha value is -3.49. The average molecular weight is 433 g/mol. The molecule has 0 bridgehead atoms. The van der Waals surface area contributed by atoms with Crippen LogP contribution >= 0.6 is 0 Å². The van der Waals surface area contributed by atoms with E-state index in [1.807, 2.05) is 30.3 Å². The van der Waals surface area contributed by atoms with Crippen LogP contribution in [-0.4, -0.2) is 33.1 Å². The zero-order chi connectivity index (χ0) is 21.6. The average Bonchev–Trinajstić information content (AvgIpc) is 3.42. The zero-order valence-electron chi connectivity index (χ0n) is 16.7. The van der Waals surface area contributed by atoms with E-state index in [2.05, 4.69) is 9.88 Å². The van der Waals surface area contributed by atoms with Crippen molar-refractivity contribution in [1.29, 1.82) is 0 Å². The maximum absolute atomic E-state index is 13.3. The van der Waals surface area contributed by atoms with E-state index in [9.17, 15) is 13.2 Å². The standard InChI is InChI=1S/C23H19N3O4S/c1-24-31(28,29)18-8-10-21-16(13-18)11-12-26(21)23(27)17-7-9-20-19(14-17)22(30-25-20)15-5-3-2-4-6-15/h2-10,13-14,24H,11-12H2,1H3. The second-order valence-electron chi connectivity index (χ2n) is 7.31. The van der Waals surface area contributed by atoms with Crippen molar-refractivity contribution in [3.8, 4) is 11.3 Å². The topological polar surface area (TPSA) is 92.5 Å². The van der Waals surface area contributed by atoms with E-state index >= 15 is 0 Å². The van der Waals surface area contributed by atoms with Crippen molar-refractivity contribution in [3.63, 3.8) is 0 Å². The molecule has 0 saturated heterocycles. The molecule has 1 aliphatic rings. The summed E-state index contributed by atoms with van der Waals surface area (Å²) < 4.78 is 32.0. The number of hydrogen-bond donors (Lipinski definition) is 1. The summed E-state index contributed by atoms with van der Waals surface area (Å²) in [4.78, 5) is 15.2. The van der Waals surface area contributed by atoms with E-state index in [0.29, 0.717) is 29.8 Å². The minimum absolute atomic E-state index is 0.148. The van der Waals surface area contributed by atoms with Gasteiger partial charge >= 0.3 is 0 Å². The predicted octanol–water partition coefficient (Wildman–Crippen LogP) is 3.61. The monoisotopic (exact) mass is 433 g/mol. The molecule has 0 spiro atoms. The first kappa shape index (κ1) is 19.5. The highest BCUT2D eigenvalue weighted by Crippen LogP contribution is 2.33. The van der Waals surface area contributed by atoms with Crippen LogP contribution in [0.5, 0.6) is 0 Å². The summed E-state index contributed by atoms with van der Waals surface area (Å²) in [7, 11) is -2.15. The van der Waals surface area contributed by atoms with Gasteiger partial charge in [-0.05, 0) is 55.4 Å². The number of hydrogen-bond acceptors (Lipinski definition) is 5. The summed E-state index contributed by atoms with van der Waals surface area (Å²) in [6.07, 6.45) is 0.596. The van der Waals surface area contributed by atoms with Crippen molar-refractivity contribution in [3.05, 3.63) is 77.9 Å². The van der Waals surface area contributed by atoms with E-state index in [4.69, 9.17) is 4.52 Å². The highest BCUT2D eigenvalue weighted by molar-refractivity contribution is 7.89. The van der Waals surface area contributed by atoms with Crippen molar-refractivity contribution in [1.82, 2.24) is 9.88 Å². The fourth-order valence-corrected chi connectivity index (χ4v) is 4.68. The quantitative estimate of drug-likeness (QED) is 0.531. The molecule has 8 heteroatoms. The molecule has 0 aliphatic carbocycles. The van der Waals surface area contributed by atoms with Gasteiger partial charge in [0.25, 0.3) is 5.91 Å². The second-order valence-corrected chi connectivity index (χ2v) is 9.20. The number of nitrogens with zero attached hydrogens (tertiary/aromatic N) is 2. The Balaban J connectivity index is 1.51. The summed E-state index contributed by atoms with van der Waals surface area (Å²) in [6.45, 7) is 0.491. The van der Waals surface area contributed by atoms with Crippen LogP contribution < -0.4 is 9.62 Å². The van der Waals surface area contributed by atoms with Gasteiger partial charge in [-0.3, -0.25) is 4.79 Å². The third-order valence-corrected chi connectivity index (χ3v) is 6.94. The normalized spacial score (nSPS) is 13.5. The Morgan fingerprint density at radius 2 is 1.87 bits per heavy atom. The van der Waals surface area contributed by atoms with Crippen LogP contribution in [0.4, 0.5) is 5.69 Å². The highest BCUT2D eigenvalue weighted by atomic mass is 32.2. The molecule has 0 radical (unpaired) electrons. The molecule has 0 unspecified atom stereocenters. The Kier molecular flexibility index (Phi) is 4.60. The number of benzene rings is 3. The second kappa shape index (κ2) is 7.33. The Morgan fingerprint density at radius 1 is 1.06 bits per heavy atom. The van der Waals surface area contributed by atoms with Crippen LogP contribution in [0, 0.1) is 0 Å². The molecule has 31 heavy (non-hydrogen) atoms. The van der Waals surface area contributed by atoms with Gasteiger partial charge in [0.05, 0.1) is 10.3 Å². The Morgan fingerprint density at radius 3 is 2.65 bits per heavy atom. The van der Waals surface area contributed by atoms with Crippen LogP contribution in [0.1, 0.15) is 15.9 Å². The first-order valence-electron chi connectivity index (χ1n) is 9.81. The van der Waals surface area contributed by atoms with Gasteiger partial charge in [-0.15, -0.1) is 0 Å². The van der Waals surface area contributed by atoms with E-state index < -0.39 is 10.0 Å². The van der Waals surface area contributed by atoms with Gasteiger partial charge in [0.15, 0.2) is 5.76 Å². The summed E-state index contributed by atoms with van der Waals surface area (Å²) in [6, 6.07) is 19.8. The third-order valence-electron chi connectivity index (χ3n) is 5.53. The molecular formula is C23H19N3O4S. The molecule has 1 aromatic heterocycles. The van der Waals surface area contributed by atoms with Gasteiger partial charge in [0.2, 0.25) is 10.0 Å². The van der Waals surface area contributed by atoms with Crippen LogP contribution in [0.25, 0.3) is 22.2 Å². The van der Waals surface area contributed by atoms with E-state index in [1.54, 1.807) is 35.2 Å². The Bertz CT molecular complexity index is 1410. The third kappa shape index (κ3) is 3.30. The molecule has 156 valence electrons. The van der Waals surface area contributed by atoms with Gasteiger partial charge in [0.1, 0.15) is 5.52 Å². The molecule has 1 aliphatic heterocycles. The van der Waals surface area contributed by atoms with Crippen molar-refractivity contribution in [2.75, 3.05) is 18.5 Å². The molecular weight excluding hydrogens is 414 g/mol. The number of anilines is 1. The predicted molar refractivity (Wildman–Crippen MR) is 118 cm³/mol. The maximum Gasteiger partial charge on any atom is 0.258 e. The number of rotatable bonds is 4. The maximum atomic E-state index is 13.3. The largest absolute Gasteiger partial charge is 0.355 e. The first-order chi connectivity index (χ1) is 15.0. The van der Waals surface area contributed by atoms with E-state index in [-0.39, 0.29) is 10.8 Å². The summed E-state index contributed by atoms with van der Waals surface area (Å²) in [5, 5.41) is 4.88. The van der Waals surface area contributed by atoms with Crippen molar-refractivity contribution in [2.24, 2.45) is 0 Å². The minimum Gasteiger partial charge on any atom is -0.355 e. The van der Waals surface area contributed by atoms with Gasteiger partial charge in [-0.2, -0.15) is 0 Å². The highest BCUT2D eigenvalue weighted by Gasteiger charge is 2.27. The van der Waals surface area contributed by atoms with E-state index in [0.717, 1.165) is 22.2 Å². The summed E-state index contributed by atoms with van der Waals surface area (Å²) >= 11 is 0. The van der Waals surface area contributed by atoms with Gasteiger partial charge < -0.3 is 9.42 Å². The van der Waals surface area contributed by atoms with Gasteiger partial charge in [-0.25, -0.2) is 13.1 Å². The molecule has 2 heterocycles. The van der Waals surface area contributed by atoms with Crippen molar-refractivity contribution < 1.29 is 17.7 Å². The lowest BCUT2D eigenvalue weighted by Crippen LogP contribution is -2.28. The number of aromatic nitrogens is 1. The molecule has 5 rings (SSSR count). The number of amides is 1. The molecule has 7 nitrogen and oxygen atoms in total. The fourth-order valence-electron chi connectivity index (χ4n) is 3.90. The molecule has 0 atom stereocenters. The lowest BCUT2D eigenvalue weighted by molar-refractivity contribution is 0.0989. The Labute approximate surface area is 179 Å². The lowest BCUT2D eigenvalue weighted by Gasteiger charge is -2.18. The molecule has 4 aromatic rings. The minimum atomic E-state index is -3.53. The molecule has 1 N–H and O–H groups in total.